The van der Waals surface area contributed by atoms with Crippen LogP contribution >= 0.6 is 11.6 Å². The summed E-state index contributed by atoms with van der Waals surface area (Å²) in [6.45, 7) is 1.84. The van der Waals surface area contributed by atoms with Crippen LogP contribution in [0.25, 0.3) is 0 Å². The molecule has 1 aromatic rings. The normalized spacial score (nSPS) is 25.6. The maximum atomic E-state index is 14.3. The molecule has 1 aromatic carbocycles. The Kier molecular flexibility index (Phi) is 5.04. The molecular formula is C15H18ClFN2O5S. The third-order valence-corrected chi connectivity index (χ3v) is 6.74. The topological polar surface area (TPSA) is 87.2 Å². The van der Waals surface area contributed by atoms with Gasteiger partial charge in [-0.1, -0.05) is 11.6 Å². The van der Waals surface area contributed by atoms with Gasteiger partial charge in [0.2, 0.25) is 10.0 Å². The van der Waals surface area contributed by atoms with Crippen molar-refractivity contribution in [2.24, 2.45) is 5.92 Å². The molecule has 1 N–H and O–H groups in total. The van der Waals surface area contributed by atoms with Crippen molar-refractivity contribution in [3.63, 3.8) is 0 Å². The van der Waals surface area contributed by atoms with Gasteiger partial charge in [-0.25, -0.2) is 17.6 Å². The lowest BCUT2D eigenvalue weighted by molar-refractivity contribution is 0.0696. The van der Waals surface area contributed by atoms with E-state index in [1.807, 2.05) is 11.9 Å². The second-order valence-electron chi connectivity index (χ2n) is 6.39. The largest absolute Gasteiger partial charge is 0.478 e. The molecule has 2 heterocycles. The molecule has 3 rings (SSSR count). The third-order valence-electron chi connectivity index (χ3n) is 4.58. The molecule has 0 amide bonds. The fourth-order valence-corrected chi connectivity index (χ4v) is 5.09. The zero-order chi connectivity index (χ0) is 18.4. The maximum absolute atomic E-state index is 14.3. The number of aromatic carboxylic acids is 1. The maximum Gasteiger partial charge on any atom is 0.337 e. The van der Waals surface area contributed by atoms with E-state index in [2.05, 4.69) is 0 Å². The van der Waals surface area contributed by atoms with Crippen LogP contribution in [-0.4, -0.2) is 74.6 Å². The van der Waals surface area contributed by atoms with Crippen molar-refractivity contribution in [3.8, 4) is 0 Å². The highest BCUT2D eigenvalue weighted by molar-refractivity contribution is 7.89. The molecule has 0 spiro atoms. The van der Waals surface area contributed by atoms with E-state index in [0.717, 1.165) is 12.1 Å². The average molecular weight is 393 g/mol. The highest BCUT2D eigenvalue weighted by Gasteiger charge is 2.38. The number of sulfonamides is 1. The van der Waals surface area contributed by atoms with Crippen LogP contribution in [-0.2, 0) is 14.8 Å². The zero-order valence-corrected chi connectivity index (χ0v) is 15.1. The number of carbonyl (C=O) groups is 1. The number of carboxylic acids is 1. The summed E-state index contributed by atoms with van der Waals surface area (Å²) in [6, 6.07) is 1.37. The average Bonchev–Trinajstić information content (AvgIpc) is 2.75. The molecule has 0 aliphatic carbocycles. The lowest BCUT2D eigenvalue weighted by Gasteiger charge is -2.29. The molecule has 0 radical (unpaired) electrons. The van der Waals surface area contributed by atoms with E-state index in [1.165, 1.54) is 4.31 Å². The van der Waals surface area contributed by atoms with Crippen LogP contribution in [0.3, 0.4) is 0 Å². The molecule has 10 heteroatoms. The molecule has 0 saturated carbocycles. The molecule has 0 aromatic heterocycles. The predicted molar refractivity (Wildman–Crippen MR) is 87.9 cm³/mol. The van der Waals surface area contributed by atoms with Crippen molar-refractivity contribution in [2.75, 3.05) is 39.9 Å². The van der Waals surface area contributed by atoms with Crippen molar-refractivity contribution < 1.29 is 27.4 Å². The van der Waals surface area contributed by atoms with E-state index in [0.29, 0.717) is 19.8 Å². The van der Waals surface area contributed by atoms with E-state index in [-0.39, 0.29) is 30.1 Å². The van der Waals surface area contributed by atoms with Gasteiger partial charge >= 0.3 is 5.97 Å². The Labute approximate surface area is 150 Å². The smallest absolute Gasteiger partial charge is 0.337 e. The standard InChI is InChI=1S/C15H18ClFN2O5S/c1-18-4-9-5-19(6-10(18)8-24-7-9)25(22,23)14-2-11(15(20)21)12(16)3-13(14)17/h2-3,9-10H,4-8H2,1H3,(H,20,21)/t9-,10+/m1/s1. The fourth-order valence-electron chi connectivity index (χ4n) is 3.23. The Hall–Kier alpha value is -1.26. The molecule has 2 bridgehead atoms. The van der Waals surface area contributed by atoms with Crippen LogP contribution in [0, 0.1) is 11.7 Å². The number of likely N-dealkylation sites (N-methyl/N-ethyl adjacent to an activating group) is 1. The van der Waals surface area contributed by atoms with Gasteiger partial charge < -0.3 is 9.84 Å². The van der Waals surface area contributed by atoms with Crippen molar-refractivity contribution in [3.05, 3.63) is 28.5 Å². The number of hydrogen-bond donors (Lipinski definition) is 1. The first-order valence-electron chi connectivity index (χ1n) is 7.70. The third kappa shape index (κ3) is 3.52. The van der Waals surface area contributed by atoms with Crippen LogP contribution < -0.4 is 0 Å². The molecule has 138 valence electrons. The lowest BCUT2D eigenvalue weighted by Crippen LogP contribution is -2.44. The zero-order valence-electron chi connectivity index (χ0n) is 13.5. The summed E-state index contributed by atoms with van der Waals surface area (Å²) in [4.78, 5) is 12.6. The fraction of sp³-hybridized carbons (Fsp3) is 0.533. The summed E-state index contributed by atoms with van der Waals surface area (Å²) in [5.41, 5.74) is -0.447. The molecule has 7 nitrogen and oxygen atoms in total. The molecule has 25 heavy (non-hydrogen) atoms. The van der Waals surface area contributed by atoms with Gasteiger partial charge in [0, 0.05) is 31.6 Å². The van der Waals surface area contributed by atoms with Crippen LogP contribution in [0.4, 0.5) is 4.39 Å². The summed E-state index contributed by atoms with van der Waals surface area (Å²) in [5, 5.41) is 8.79. The van der Waals surface area contributed by atoms with E-state index < -0.39 is 32.3 Å². The minimum atomic E-state index is -4.20. The van der Waals surface area contributed by atoms with E-state index in [4.69, 9.17) is 21.4 Å². The van der Waals surface area contributed by atoms with Crippen molar-refractivity contribution in [1.82, 2.24) is 9.21 Å². The minimum absolute atomic E-state index is 0.0402. The number of halogens is 2. The van der Waals surface area contributed by atoms with Crippen LogP contribution in [0.15, 0.2) is 17.0 Å². The summed E-state index contributed by atoms with van der Waals surface area (Å²) < 4.78 is 47.0. The number of ether oxygens (including phenoxy) is 1. The predicted octanol–water partition coefficient (Wildman–Crippen LogP) is 1.13. The van der Waals surface area contributed by atoms with Crippen LogP contribution in [0.5, 0.6) is 0 Å². The molecule has 2 fully saturated rings. The van der Waals surface area contributed by atoms with Gasteiger partial charge in [0.15, 0.2) is 0 Å². The summed E-state index contributed by atoms with van der Waals surface area (Å²) in [5.74, 6) is -2.52. The van der Waals surface area contributed by atoms with E-state index in [9.17, 15) is 17.6 Å². The first kappa shape index (κ1) is 18.5. The van der Waals surface area contributed by atoms with Crippen molar-refractivity contribution in [2.45, 2.75) is 10.9 Å². The van der Waals surface area contributed by atoms with Gasteiger partial charge in [0.05, 0.1) is 23.8 Å². The Morgan fingerprint density at radius 2 is 2.04 bits per heavy atom. The Bertz CT molecular complexity index is 803. The first-order valence-corrected chi connectivity index (χ1v) is 9.52. The Morgan fingerprint density at radius 3 is 2.72 bits per heavy atom. The summed E-state index contributed by atoms with van der Waals surface area (Å²) in [6.07, 6.45) is 0. The number of fused-ring (bicyclic) bond motifs is 3. The summed E-state index contributed by atoms with van der Waals surface area (Å²) in [7, 11) is -2.30. The highest BCUT2D eigenvalue weighted by Crippen LogP contribution is 2.29. The van der Waals surface area contributed by atoms with Gasteiger partial charge in [-0.2, -0.15) is 4.31 Å². The number of carboxylic acid groups (broad SMARTS) is 1. The van der Waals surface area contributed by atoms with Gasteiger partial charge in [-0.15, -0.1) is 0 Å². The Morgan fingerprint density at radius 1 is 1.32 bits per heavy atom. The van der Waals surface area contributed by atoms with Gasteiger partial charge in [-0.05, 0) is 19.2 Å². The number of benzene rings is 1. The molecular weight excluding hydrogens is 375 g/mol. The van der Waals surface area contributed by atoms with Crippen LogP contribution in [0.1, 0.15) is 10.4 Å². The van der Waals surface area contributed by atoms with Crippen LogP contribution in [0.2, 0.25) is 5.02 Å². The quantitative estimate of drug-likeness (QED) is 0.829. The second kappa shape index (κ2) is 6.81. The lowest BCUT2D eigenvalue weighted by atomic mass is 10.1. The van der Waals surface area contributed by atoms with Crippen molar-refractivity contribution in [1.29, 1.82) is 0 Å². The first-order chi connectivity index (χ1) is 11.7. The van der Waals surface area contributed by atoms with E-state index >= 15 is 0 Å². The SMILES string of the molecule is CN1C[C@H]2COC[C@@H]1CN(S(=O)(=O)c1cc(C(=O)O)c(Cl)cc1F)C2. The van der Waals surface area contributed by atoms with E-state index in [1.54, 1.807) is 0 Å². The van der Waals surface area contributed by atoms with Gasteiger partial charge in [0.25, 0.3) is 0 Å². The minimum Gasteiger partial charge on any atom is -0.478 e. The molecule has 2 aliphatic heterocycles. The molecule has 2 saturated heterocycles. The monoisotopic (exact) mass is 392 g/mol. The Balaban J connectivity index is 2.02. The molecule has 0 unspecified atom stereocenters. The number of nitrogens with zero attached hydrogens (tertiary/aromatic N) is 2. The van der Waals surface area contributed by atoms with Gasteiger partial charge in [-0.3, -0.25) is 4.90 Å². The highest BCUT2D eigenvalue weighted by atomic mass is 35.5. The second-order valence-corrected chi connectivity index (χ2v) is 8.70. The van der Waals surface area contributed by atoms with Gasteiger partial charge in [0.1, 0.15) is 10.7 Å². The molecule has 2 aliphatic rings. The number of rotatable bonds is 3. The summed E-state index contributed by atoms with van der Waals surface area (Å²) >= 11 is 5.70. The van der Waals surface area contributed by atoms with Crippen molar-refractivity contribution >= 4 is 27.6 Å². The molecule has 2 atom stereocenters. The number of hydrogen-bond acceptors (Lipinski definition) is 5.